The largest absolute Gasteiger partial charge is 0.329 e. The molecule has 74 valence electrons. The molecular formula is C5H15N3O3S. The Morgan fingerprint density at radius 1 is 1.58 bits per heavy atom. The number of nitrogens with one attached hydrogen (secondary N) is 1. The van der Waals surface area contributed by atoms with Crippen LogP contribution in [0.1, 0.15) is 0 Å². The lowest BCUT2D eigenvalue weighted by Gasteiger charge is -2.10. The van der Waals surface area contributed by atoms with Crippen LogP contribution < -0.4 is 16.8 Å². The number of nitrogens with two attached hydrogens (primary N) is 2. The van der Waals surface area contributed by atoms with Gasteiger partial charge in [0.15, 0.2) is 0 Å². The van der Waals surface area contributed by atoms with Crippen molar-refractivity contribution < 1.29 is 12.6 Å². The molecule has 6 nitrogen and oxygen atoms in total. The van der Waals surface area contributed by atoms with Gasteiger partial charge in [-0.1, -0.05) is 0 Å². The van der Waals surface area contributed by atoms with Gasteiger partial charge in [-0.2, -0.15) is 8.42 Å². The molecule has 0 aromatic carbocycles. The van der Waals surface area contributed by atoms with Crippen LogP contribution in [-0.2, 0) is 14.3 Å². The Morgan fingerprint density at radius 2 is 2.17 bits per heavy atom. The normalized spacial score (nSPS) is 14.6. The minimum atomic E-state index is -3.46. The lowest BCUT2D eigenvalue weighted by atomic mass is 10.5. The molecule has 1 atom stereocenters. The standard InChI is InChI=1S/C5H15N3O3S/c1-12(9,10)11-5(7)4-8-3-2-6/h5,8H,2-4,6-7H2,1H3. The molecule has 0 aromatic heterocycles. The maximum Gasteiger partial charge on any atom is 0.265 e. The van der Waals surface area contributed by atoms with Crippen LogP contribution in [0.3, 0.4) is 0 Å². The predicted molar refractivity (Wildman–Crippen MR) is 45.8 cm³/mol. The Labute approximate surface area is 72.4 Å². The average Bonchev–Trinajstić information content (AvgIpc) is 1.84. The van der Waals surface area contributed by atoms with E-state index in [2.05, 4.69) is 9.50 Å². The summed E-state index contributed by atoms with van der Waals surface area (Å²) >= 11 is 0. The summed E-state index contributed by atoms with van der Waals surface area (Å²) in [6.07, 6.45) is 0.113. The van der Waals surface area contributed by atoms with Crippen LogP contribution in [-0.4, -0.2) is 40.5 Å². The van der Waals surface area contributed by atoms with Gasteiger partial charge in [-0.15, -0.1) is 0 Å². The molecule has 0 aliphatic carbocycles. The Hall–Kier alpha value is -0.210. The summed E-state index contributed by atoms with van der Waals surface area (Å²) in [5.41, 5.74) is 10.5. The molecule has 0 fully saturated rings. The zero-order chi connectivity index (χ0) is 9.61. The first-order valence-electron chi connectivity index (χ1n) is 3.50. The first-order valence-corrected chi connectivity index (χ1v) is 5.32. The second-order valence-corrected chi connectivity index (χ2v) is 3.93. The summed E-state index contributed by atoms with van der Waals surface area (Å²) in [5, 5.41) is 2.82. The first-order chi connectivity index (χ1) is 5.45. The highest BCUT2D eigenvalue weighted by molar-refractivity contribution is 7.86. The number of hydrogen-bond acceptors (Lipinski definition) is 6. The highest BCUT2D eigenvalue weighted by Gasteiger charge is 2.09. The van der Waals surface area contributed by atoms with E-state index in [4.69, 9.17) is 11.5 Å². The summed E-state index contributed by atoms with van der Waals surface area (Å²) in [6, 6.07) is 0. The van der Waals surface area contributed by atoms with E-state index in [1.807, 2.05) is 0 Å². The van der Waals surface area contributed by atoms with Crippen LogP contribution >= 0.6 is 0 Å². The maximum atomic E-state index is 10.5. The SMILES string of the molecule is CS(=O)(=O)OC(N)CNCCN. The lowest BCUT2D eigenvalue weighted by molar-refractivity contribution is 0.215. The van der Waals surface area contributed by atoms with Crippen molar-refractivity contribution >= 4 is 10.1 Å². The summed E-state index contributed by atoms with van der Waals surface area (Å²) in [5.74, 6) is 0. The van der Waals surface area contributed by atoms with E-state index >= 15 is 0 Å². The van der Waals surface area contributed by atoms with Crippen molar-refractivity contribution in [2.75, 3.05) is 25.9 Å². The van der Waals surface area contributed by atoms with E-state index < -0.39 is 16.3 Å². The van der Waals surface area contributed by atoms with Crippen molar-refractivity contribution in [2.45, 2.75) is 6.23 Å². The van der Waals surface area contributed by atoms with Crippen LogP contribution in [0.2, 0.25) is 0 Å². The van der Waals surface area contributed by atoms with E-state index in [1.165, 1.54) is 0 Å². The predicted octanol–water partition coefficient (Wildman–Crippen LogP) is -2.20. The maximum absolute atomic E-state index is 10.5. The van der Waals surface area contributed by atoms with E-state index in [9.17, 15) is 8.42 Å². The summed E-state index contributed by atoms with van der Waals surface area (Å²) in [6.45, 7) is 1.33. The lowest BCUT2D eigenvalue weighted by Crippen LogP contribution is -2.39. The molecule has 0 amide bonds. The summed E-state index contributed by atoms with van der Waals surface area (Å²) < 4.78 is 25.5. The van der Waals surface area contributed by atoms with Crippen molar-refractivity contribution in [3.8, 4) is 0 Å². The van der Waals surface area contributed by atoms with E-state index in [-0.39, 0.29) is 6.54 Å². The third-order valence-corrected chi connectivity index (χ3v) is 1.56. The molecule has 0 rings (SSSR count). The average molecular weight is 197 g/mol. The van der Waals surface area contributed by atoms with E-state index in [0.29, 0.717) is 13.1 Å². The third kappa shape index (κ3) is 7.89. The van der Waals surface area contributed by atoms with Crippen molar-refractivity contribution in [3.63, 3.8) is 0 Å². The molecule has 1 unspecified atom stereocenters. The fraction of sp³-hybridized carbons (Fsp3) is 1.00. The highest BCUT2D eigenvalue weighted by atomic mass is 32.2. The van der Waals surface area contributed by atoms with E-state index in [0.717, 1.165) is 6.26 Å². The molecule has 7 heteroatoms. The van der Waals surface area contributed by atoms with Crippen LogP contribution in [0.4, 0.5) is 0 Å². The molecule has 0 spiro atoms. The number of hydrogen-bond donors (Lipinski definition) is 3. The van der Waals surface area contributed by atoms with Gasteiger partial charge in [0, 0.05) is 19.6 Å². The molecule has 0 radical (unpaired) electrons. The molecule has 0 bridgehead atoms. The second-order valence-electron chi connectivity index (χ2n) is 2.33. The van der Waals surface area contributed by atoms with Gasteiger partial charge in [-0.3, -0.25) is 4.18 Å². The van der Waals surface area contributed by atoms with Gasteiger partial charge < -0.3 is 16.8 Å². The van der Waals surface area contributed by atoms with Gasteiger partial charge in [-0.05, 0) is 0 Å². The van der Waals surface area contributed by atoms with Crippen molar-refractivity contribution in [1.29, 1.82) is 0 Å². The second kappa shape index (κ2) is 5.44. The zero-order valence-electron chi connectivity index (χ0n) is 6.99. The topological polar surface area (TPSA) is 107 Å². The molecule has 0 aliphatic rings. The Balaban J connectivity index is 3.53. The monoisotopic (exact) mass is 197 g/mol. The summed E-state index contributed by atoms with van der Waals surface area (Å²) in [7, 11) is -3.46. The molecule has 0 saturated heterocycles. The van der Waals surface area contributed by atoms with E-state index in [1.54, 1.807) is 0 Å². The van der Waals surface area contributed by atoms with Crippen molar-refractivity contribution in [2.24, 2.45) is 11.5 Å². The molecule has 0 heterocycles. The molecule has 0 saturated carbocycles. The molecule has 0 aliphatic heterocycles. The minimum Gasteiger partial charge on any atom is -0.329 e. The third-order valence-electron chi connectivity index (χ3n) is 0.965. The molecule has 12 heavy (non-hydrogen) atoms. The Bertz CT molecular complexity index is 204. The Kier molecular flexibility index (Phi) is 5.34. The van der Waals surface area contributed by atoms with Gasteiger partial charge >= 0.3 is 0 Å². The molecular weight excluding hydrogens is 182 g/mol. The van der Waals surface area contributed by atoms with Gasteiger partial charge in [0.05, 0.1) is 6.26 Å². The quantitative estimate of drug-likeness (QED) is 0.253. The van der Waals surface area contributed by atoms with Crippen molar-refractivity contribution in [3.05, 3.63) is 0 Å². The minimum absolute atomic E-state index is 0.268. The van der Waals surface area contributed by atoms with Gasteiger partial charge in [0.1, 0.15) is 6.23 Å². The fourth-order valence-corrected chi connectivity index (χ4v) is 1.12. The zero-order valence-corrected chi connectivity index (χ0v) is 7.80. The smallest absolute Gasteiger partial charge is 0.265 e. The highest BCUT2D eigenvalue weighted by Crippen LogP contribution is 1.89. The van der Waals surface area contributed by atoms with Gasteiger partial charge in [0.25, 0.3) is 10.1 Å². The first kappa shape index (κ1) is 11.8. The van der Waals surface area contributed by atoms with Crippen LogP contribution in [0, 0.1) is 0 Å². The Morgan fingerprint density at radius 3 is 2.58 bits per heavy atom. The fourth-order valence-electron chi connectivity index (χ4n) is 0.605. The van der Waals surface area contributed by atoms with Crippen LogP contribution in [0.15, 0.2) is 0 Å². The van der Waals surface area contributed by atoms with Gasteiger partial charge in [0.2, 0.25) is 0 Å². The van der Waals surface area contributed by atoms with Gasteiger partial charge in [-0.25, -0.2) is 0 Å². The van der Waals surface area contributed by atoms with Crippen molar-refractivity contribution in [1.82, 2.24) is 5.32 Å². The summed E-state index contributed by atoms with van der Waals surface area (Å²) in [4.78, 5) is 0. The van der Waals surface area contributed by atoms with Crippen LogP contribution in [0.5, 0.6) is 0 Å². The van der Waals surface area contributed by atoms with Crippen LogP contribution in [0.25, 0.3) is 0 Å². The molecule has 0 aromatic rings. The molecule has 5 N–H and O–H groups in total. The number of rotatable bonds is 6.